The lowest BCUT2D eigenvalue weighted by Gasteiger charge is -1.99. The molecule has 2 N–H and O–H groups in total. The number of ether oxygens (including phenoxy) is 1. The number of methoxy groups -OCH3 is 1. The van der Waals surface area contributed by atoms with Gasteiger partial charge in [-0.15, -0.1) is 0 Å². The fraction of sp³-hybridized carbons (Fsp3) is 0.0588. The highest BCUT2D eigenvalue weighted by molar-refractivity contribution is 5.79. The van der Waals surface area contributed by atoms with Gasteiger partial charge in [-0.25, -0.2) is 9.66 Å². The first-order chi connectivity index (χ1) is 12.1. The second kappa shape index (κ2) is 6.83. The summed E-state index contributed by atoms with van der Waals surface area (Å²) >= 11 is 0. The number of hydrogen-bond acceptors (Lipinski definition) is 6. The molecule has 126 valence electrons. The van der Waals surface area contributed by atoms with Gasteiger partial charge in [0, 0.05) is 17.7 Å². The van der Waals surface area contributed by atoms with Crippen LogP contribution < -0.4 is 10.5 Å². The van der Waals surface area contributed by atoms with Crippen LogP contribution in [-0.4, -0.2) is 27.9 Å². The summed E-state index contributed by atoms with van der Waals surface area (Å²) in [4.78, 5) is 14.6. The number of rotatable bonds is 5. The van der Waals surface area contributed by atoms with E-state index < -0.39 is 4.92 Å². The van der Waals surface area contributed by atoms with Crippen LogP contribution >= 0.6 is 0 Å². The number of nitro benzene ring substituents is 1. The normalized spacial score (nSPS) is 10.9. The molecule has 0 saturated heterocycles. The highest BCUT2D eigenvalue weighted by Crippen LogP contribution is 2.24. The molecule has 2 aromatic carbocycles. The highest BCUT2D eigenvalue weighted by Gasteiger charge is 2.11. The van der Waals surface area contributed by atoms with Crippen LogP contribution in [0.3, 0.4) is 0 Å². The maximum Gasteiger partial charge on any atom is 0.270 e. The van der Waals surface area contributed by atoms with E-state index in [9.17, 15) is 10.1 Å². The predicted octanol–water partition coefficient (Wildman–Crippen LogP) is 2.93. The minimum absolute atomic E-state index is 0.00708. The molecule has 0 radical (unpaired) electrons. The van der Waals surface area contributed by atoms with Gasteiger partial charge in [0.25, 0.3) is 5.69 Å². The number of hydrogen-bond donors (Lipinski definition) is 1. The van der Waals surface area contributed by atoms with Crippen molar-refractivity contribution in [1.29, 1.82) is 0 Å². The van der Waals surface area contributed by atoms with Crippen molar-refractivity contribution >= 4 is 17.9 Å². The lowest BCUT2D eigenvalue weighted by molar-refractivity contribution is -0.384. The zero-order chi connectivity index (χ0) is 17.8. The van der Waals surface area contributed by atoms with Gasteiger partial charge in [-0.1, -0.05) is 12.1 Å². The molecule has 8 heteroatoms. The zero-order valence-electron chi connectivity index (χ0n) is 13.4. The van der Waals surface area contributed by atoms with Gasteiger partial charge < -0.3 is 10.5 Å². The third kappa shape index (κ3) is 3.63. The Morgan fingerprint density at radius 1 is 1.28 bits per heavy atom. The van der Waals surface area contributed by atoms with Gasteiger partial charge in [0.15, 0.2) is 0 Å². The average molecular weight is 337 g/mol. The minimum Gasteiger partial charge on any atom is -0.497 e. The Kier molecular flexibility index (Phi) is 4.42. The fourth-order valence-electron chi connectivity index (χ4n) is 2.21. The number of nitro groups is 1. The van der Waals surface area contributed by atoms with E-state index in [1.165, 1.54) is 16.8 Å². The van der Waals surface area contributed by atoms with E-state index in [1.807, 2.05) is 24.3 Å². The van der Waals surface area contributed by atoms with Crippen LogP contribution in [0.4, 0.5) is 11.6 Å². The highest BCUT2D eigenvalue weighted by atomic mass is 16.6. The van der Waals surface area contributed by atoms with Crippen molar-refractivity contribution in [2.24, 2.45) is 5.10 Å². The summed E-state index contributed by atoms with van der Waals surface area (Å²) in [6, 6.07) is 13.6. The molecule has 0 spiro atoms. The molecule has 8 nitrogen and oxygen atoms in total. The number of nitrogens with zero attached hydrogens (tertiary/aromatic N) is 4. The number of nitrogens with two attached hydrogens (primary N) is 1. The maximum absolute atomic E-state index is 10.9. The van der Waals surface area contributed by atoms with E-state index in [4.69, 9.17) is 10.5 Å². The van der Waals surface area contributed by atoms with Crippen molar-refractivity contribution in [2.75, 3.05) is 12.8 Å². The molecule has 1 aromatic heterocycles. The SMILES string of the molecule is COc1ccc(C=Nn2cc(-c3cccc([N+](=O)[O-])c3)nc2N)cc1. The Morgan fingerprint density at radius 3 is 2.72 bits per heavy atom. The number of benzene rings is 2. The number of non-ortho nitro benzene ring substituents is 1. The summed E-state index contributed by atoms with van der Waals surface area (Å²) in [5.41, 5.74) is 7.83. The van der Waals surface area contributed by atoms with Gasteiger partial charge in [-0.3, -0.25) is 10.1 Å². The van der Waals surface area contributed by atoms with Crippen molar-refractivity contribution in [3.63, 3.8) is 0 Å². The summed E-state index contributed by atoms with van der Waals surface area (Å²) < 4.78 is 6.52. The lowest BCUT2D eigenvalue weighted by Crippen LogP contribution is -1.96. The van der Waals surface area contributed by atoms with Crippen LogP contribution in [0, 0.1) is 10.1 Å². The van der Waals surface area contributed by atoms with Gasteiger partial charge in [0.05, 0.1) is 30.1 Å². The van der Waals surface area contributed by atoms with Crippen molar-refractivity contribution in [2.45, 2.75) is 0 Å². The monoisotopic (exact) mass is 337 g/mol. The van der Waals surface area contributed by atoms with Crippen molar-refractivity contribution < 1.29 is 9.66 Å². The molecule has 25 heavy (non-hydrogen) atoms. The summed E-state index contributed by atoms with van der Waals surface area (Å²) in [6.07, 6.45) is 3.25. The van der Waals surface area contributed by atoms with Crippen molar-refractivity contribution in [1.82, 2.24) is 9.66 Å². The molecule has 0 aliphatic rings. The van der Waals surface area contributed by atoms with E-state index >= 15 is 0 Å². The summed E-state index contributed by atoms with van der Waals surface area (Å²) in [5, 5.41) is 15.1. The number of imidazole rings is 1. The maximum atomic E-state index is 10.9. The molecule has 1 heterocycles. The average Bonchev–Trinajstić information content (AvgIpc) is 3.01. The standard InChI is InChI=1S/C17H15N5O3/c1-25-15-7-5-12(6-8-15)10-19-21-11-16(20-17(21)18)13-3-2-4-14(9-13)22(23)24/h2-11H,1H3,(H2,18,20). The summed E-state index contributed by atoms with van der Waals surface area (Å²) in [7, 11) is 1.60. The van der Waals surface area contributed by atoms with E-state index in [1.54, 1.807) is 31.7 Å². The number of anilines is 1. The molecule has 3 rings (SSSR count). The van der Waals surface area contributed by atoms with Gasteiger partial charge in [0.1, 0.15) is 5.75 Å². The second-order valence-electron chi connectivity index (χ2n) is 5.15. The van der Waals surface area contributed by atoms with Crippen LogP contribution in [-0.2, 0) is 0 Å². The van der Waals surface area contributed by atoms with Crippen molar-refractivity contribution in [3.8, 4) is 17.0 Å². The third-order valence-electron chi connectivity index (χ3n) is 3.51. The van der Waals surface area contributed by atoms with E-state index in [0.717, 1.165) is 11.3 Å². The van der Waals surface area contributed by atoms with E-state index in [0.29, 0.717) is 11.3 Å². The molecule has 0 atom stereocenters. The van der Waals surface area contributed by atoms with Gasteiger partial charge >= 0.3 is 0 Å². The van der Waals surface area contributed by atoms with Crippen LogP contribution in [0.25, 0.3) is 11.3 Å². The quantitative estimate of drug-likeness (QED) is 0.437. The molecule has 0 bridgehead atoms. The van der Waals surface area contributed by atoms with Crippen molar-refractivity contribution in [3.05, 3.63) is 70.4 Å². The minimum atomic E-state index is -0.453. The van der Waals surface area contributed by atoms with Gasteiger partial charge in [-0.05, 0) is 29.8 Å². The topological polar surface area (TPSA) is 109 Å². The van der Waals surface area contributed by atoms with E-state index in [2.05, 4.69) is 10.1 Å². The molecule has 0 saturated carbocycles. The first kappa shape index (κ1) is 16.2. The van der Waals surface area contributed by atoms with Gasteiger partial charge in [0.2, 0.25) is 5.95 Å². The number of aromatic nitrogens is 2. The molecule has 0 amide bonds. The van der Waals surface area contributed by atoms with Crippen LogP contribution in [0.1, 0.15) is 5.56 Å². The number of nitrogen functional groups attached to an aromatic ring is 1. The smallest absolute Gasteiger partial charge is 0.270 e. The van der Waals surface area contributed by atoms with Crippen LogP contribution in [0.15, 0.2) is 59.8 Å². The molecular formula is C17H15N5O3. The van der Waals surface area contributed by atoms with Crippen LogP contribution in [0.2, 0.25) is 0 Å². The first-order valence-corrected chi connectivity index (χ1v) is 7.35. The zero-order valence-corrected chi connectivity index (χ0v) is 13.4. The molecule has 0 aliphatic heterocycles. The molecule has 0 unspecified atom stereocenters. The Bertz CT molecular complexity index is 932. The Labute approximate surface area is 143 Å². The molecule has 0 fully saturated rings. The molecular weight excluding hydrogens is 322 g/mol. The molecule has 3 aromatic rings. The Hall–Kier alpha value is -3.68. The third-order valence-corrected chi connectivity index (χ3v) is 3.51. The Morgan fingerprint density at radius 2 is 2.04 bits per heavy atom. The Balaban J connectivity index is 1.85. The largest absolute Gasteiger partial charge is 0.497 e. The summed E-state index contributed by atoms with van der Waals surface area (Å²) in [6.45, 7) is 0. The first-order valence-electron chi connectivity index (χ1n) is 7.35. The van der Waals surface area contributed by atoms with Gasteiger partial charge in [-0.2, -0.15) is 5.10 Å². The lowest BCUT2D eigenvalue weighted by atomic mass is 10.1. The van der Waals surface area contributed by atoms with E-state index in [-0.39, 0.29) is 11.6 Å². The summed E-state index contributed by atoms with van der Waals surface area (Å²) in [5.74, 6) is 0.943. The predicted molar refractivity (Wildman–Crippen MR) is 94.7 cm³/mol. The molecule has 0 aliphatic carbocycles. The second-order valence-corrected chi connectivity index (χ2v) is 5.15. The fourth-order valence-corrected chi connectivity index (χ4v) is 2.21. The van der Waals surface area contributed by atoms with Crippen LogP contribution in [0.5, 0.6) is 5.75 Å².